The van der Waals surface area contributed by atoms with Crippen molar-refractivity contribution in [3.05, 3.63) is 59.4 Å². The monoisotopic (exact) mass is 362 g/mol. The average molecular weight is 362 g/mol. The van der Waals surface area contributed by atoms with Gasteiger partial charge in [0.05, 0.1) is 24.1 Å². The largest absolute Gasteiger partial charge is 0.464 e. The molecule has 2 amide bonds. The van der Waals surface area contributed by atoms with Crippen LogP contribution in [0, 0.1) is 6.92 Å². The molecule has 0 radical (unpaired) electrons. The predicted octanol–water partition coefficient (Wildman–Crippen LogP) is 4.39. The number of nitrogens with zero attached hydrogens (tertiary/aromatic N) is 1. The maximum Gasteiger partial charge on any atom is 0.244 e. The van der Waals surface area contributed by atoms with E-state index in [4.69, 9.17) is 4.42 Å². The van der Waals surface area contributed by atoms with E-state index >= 15 is 0 Å². The highest BCUT2D eigenvalue weighted by molar-refractivity contribution is 6.10. The molecule has 4 rings (SSSR count). The smallest absolute Gasteiger partial charge is 0.244 e. The summed E-state index contributed by atoms with van der Waals surface area (Å²) in [6.45, 7) is 6.41. The lowest BCUT2D eigenvalue weighted by Crippen LogP contribution is -2.42. The van der Waals surface area contributed by atoms with Gasteiger partial charge in [0.2, 0.25) is 11.8 Å². The highest BCUT2D eigenvalue weighted by Crippen LogP contribution is 2.32. The van der Waals surface area contributed by atoms with Crippen LogP contribution >= 0.6 is 0 Å². The quantitative estimate of drug-likeness (QED) is 0.751. The molecule has 0 bridgehead atoms. The molecule has 2 aromatic carbocycles. The number of rotatable bonds is 3. The Bertz CT molecular complexity index is 1050. The van der Waals surface area contributed by atoms with E-state index in [2.05, 4.69) is 32.2 Å². The molecular formula is C22H22N2O3. The first kappa shape index (κ1) is 17.3. The first-order chi connectivity index (χ1) is 12.9. The topological polar surface area (TPSA) is 62.6 Å². The van der Waals surface area contributed by atoms with Gasteiger partial charge in [-0.15, -0.1) is 0 Å². The lowest BCUT2D eigenvalue weighted by atomic mass is 9.95. The zero-order chi connectivity index (χ0) is 19.1. The minimum atomic E-state index is -0.183. The number of aryl methyl sites for hydroxylation is 1. The Hall–Kier alpha value is -3.08. The molecule has 0 aliphatic carbocycles. The SMILES string of the molecule is Cc1cc2occ(CC(=O)N3CC(=O)Nc4ccccc43)c2cc1C(C)C. The van der Waals surface area contributed by atoms with Gasteiger partial charge < -0.3 is 14.6 Å². The van der Waals surface area contributed by atoms with E-state index in [0.29, 0.717) is 11.6 Å². The Morgan fingerprint density at radius 1 is 1.26 bits per heavy atom. The predicted molar refractivity (Wildman–Crippen MR) is 106 cm³/mol. The second-order valence-electron chi connectivity index (χ2n) is 7.34. The van der Waals surface area contributed by atoms with E-state index in [-0.39, 0.29) is 24.8 Å². The number of hydrogen-bond acceptors (Lipinski definition) is 3. The van der Waals surface area contributed by atoms with Gasteiger partial charge in [-0.25, -0.2) is 0 Å². The van der Waals surface area contributed by atoms with E-state index in [1.165, 1.54) is 11.1 Å². The molecule has 0 spiro atoms. The van der Waals surface area contributed by atoms with E-state index in [9.17, 15) is 9.59 Å². The van der Waals surface area contributed by atoms with Gasteiger partial charge >= 0.3 is 0 Å². The number of para-hydroxylation sites is 2. The van der Waals surface area contributed by atoms with Crippen LogP contribution in [0.15, 0.2) is 47.1 Å². The summed E-state index contributed by atoms with van der Waals surface area (Å²) in [5.41, 5.74) is 5.47. The van der Waals surface area contributed by atoms with Crippen molar-refractivity contribution in [2.45, 2.75) is 33.1 Å². The second kappa shape index (κ2) is 6.58. The third kappa shape index (κ3) is 3.10. The molecule has 1 aliphatic heterocycles. The third-order valence-electron chi connectivity index (χ3n) is 5.08. The normalized spacial score (nSPS) is 13.8. The molecular weight excluding hydrogens is 340 g/mol. The molecule has 0 saturated carbocycles. The summed E-state index contributed by atoms with van der Waals surface area (Å²) in [7, 11) is 0. The van der Waals surface area contributed by atoms with Crippen molar-refractivity contribution < 1.29 is 14.0 Å². The Labute approximate surface area is 158 Å². The standard InChI is InChI=1S/C22H22N2O3/c1-13(2)16-10-17-15(12-27-20(17)8-14(16)3)9-22(26)24-11-21(25)23-18-6-4-5-7-19(18)24/h4-8,10,12-13H,9,11H2,1-3H3,(H,23,25). The van der Waals surface area contributed by atoms with Crippen molar-refractivity contribution in [3.63, 3.8) is 0 Å². The van der Waals surface area contributed by atoms with Crippen molar-refractivity contribution in [2.24, 2.45) is 0 Å². The van der Waals surface area contributed by atoms with Gasteiger partial charge in [-0.2, -0.15) is 0 Å². The summed E-state index contributed by atoms with van der Waals surface area (Å²) in [4.78, 5) is 26.5. The average Bonchev–Trinajstić information content (AvgIpc) is 3.01. The molecule has 0 saturated heterocycles. The van der Waals surface area contributed by atoms with Crippen molar-refractivity contribution in [3.8, 4) is 0 Å². The molecule has 138 valence electrons. The maximum absolute atomic E-state index is 13.0. The Morgan fingerprint density at radius 3 is 2.81 bits per heavy atom. The number of benzene rings is 2. The molecule has 0 atom stereocenters. The summed E-state index contributed by atoms with van der Waals surface area (Å²) >= 11 is 0. The van der Waals surface area contributed by atoms with Crippen molar-refractivity contribution in [1.29, 1.82) is 0 Å². The van der Waals surface area contributed by atoms with E-state index in [1.807, 2.05) is 24.3 Å². The molecule has 5 heteroatoms. The fourth-order valence-corrected chi connectivity index (χ4v) is 3.72. The van der Waals surface area contributed by atoms with Crippen LogP contribution in [-0.4, -0.2) is 18.4 Å². The van der Waals surface area contributed by atoms with Crippen LogP contribution in [0.3, 0.4) is 0 Å². The first-order valence-electron chi connectivity index (χ1n) is 9.14. The fourth-order valence-electron chi connectivity index (χ4n) is 3.72. The zero-order valence-electron chi connectivity index (χ0n) is 15.7. The van der Waals surface area contributed by atoms with Gasteiger partial charge in [0.25, 0.3) is 0 Å². The lowest BCUT2D eigenvalue weighted by Gasteiger charge is -2.29. The summed E-state index contributed by atoms with van der Waals surface area (Å²) in [5.74, 6) is 0.0917. The van der Waals surface area contributed by atoms with Crippen molar-refractivity contribution in [2.75, 3.05) is 16.8 Å². The van der Waals surface area contributed by atoms with Crippen LogP contribution < -0.4 is 10.2 Å². The second-order valence-corrected chi connectivity index (χ2v) is 7.34. The van der Waals surface area contributed by atoms with Crippen molar-refractivity contribution in [1.82, 2.24) is 0 Å². The van der Waals surface area contributed by atoms with Gasteiger partial charge in [-0.1, -0.05) is 26.0 Å². The number of hydrogen-bond donors (Lipinski definition) is 1. The first-order valence-corrected chi connectivity index (χ1v) is 9.14. The molecule has 27 heavy (non-hydrogen) atoms. The van der Waals surface area contributed by atoms with Crippen LogP contribution in [0.4, 0.5) is 11.4 Å². The van der Waals surface area contributed by atoms with E-state index < -0.39 is 0 Å². The minimum absolute atomic E-state index is 0.0297. The highest BCUT2D eigenvalue weighted by Gasteiger charge is 2.27. The van der Waals surface area contributed by atoms with E-state index in [1.54, 1.807) is 17.2 Å². The van der Waals surface area contributed by atoms with Gasteiger partial charge in [-0.3, -0.25) is 9.59 Å². The number of carbonyl (C=O) groups is 2. The Kier molecular flexibility index (Phi) is 4.22. The number of nitrogens with one attached hydrogen (secondary N) is 1. The number of fused-ring (bicyclic) bond motifs is 2. The van der Waals surface area contributed by atoms with Gasteiger partial charge in [-0.05, 0) is 48.2 Å². The minimum Gasteiger partial charge on any atom is -0.464 e. The molecule has 0 unspecified atom stereocenters. The third-order valence-corrected chi connectivity index (χ3v) is 5.08. The van der Waals surface area contributed by atoms with Crippen LogP contribution in [0.1, 0.15) is 36.5 Å². The Morgan fingerprint density at radius 2 is 2.04 bits per heavy atom. The summed E-state index contributed by atoms with van der Waals surface area (Å²) < 4.78 is 5.69. The molecule has 2 heterocycles. The van der Waals surface area contributed by atoms with Gasteiger partial charge in [0.15, 0.2) is 0 Å². The molecule has 1 aliphatic rings. The van der Waals surface area contributed by atoms with Crippen molar-refractivity contribution >= 4 is 34.2 Å². The number of anilines is 2. The number of carbonyl (C=O) groups excluding carboxylic acids is 2. The zero-order valence-corrected chi connectivity index (χ0v) is 15.7. The highest BCUT2D eigenvalue weighted by atomic mass is 16.3. The van der Waals surface area contributed by atoms with Crippen LogP contribution in [0.25, 0.3) is 11.0 Å². The maximum atomic E-state index is 13.0. The van der Waals surface area contributed by atoms with Gasteiger partial charge in [0.1, 0.15) is 12.1 Å². The molecule has 3 aromatic rings. The molecule has 1 N–H and O–H groups in total. The fraction of sp³-hybridized carbons (Fsp3) is 0.273. The van der Waals surface area contributed by atoms with Gasteiger partial charge in [0, 0.05) is 10.9 Å². The summed E-state index contributed by atoms with van der Waals surface area (Å²) in [5, 5.41) is 3.77. The van der Waals surface area contributed by atoms with Crippen LogP contribution in [-0.2, 0) is 16.0 Å². The lowest BCUT2D eigenvalue weighted by molar-refractivity contribution is -0.121. The number of amides is 2. The molecule has 0 fully saturated rings. The Balaban J connectivity index is 1.68. The number of furan rings is 1. The summed E-state index contributed by atoms with van der Waals surface area (Å²) in [6.07, 6.45) is 1.84. The summed E-state index contributed by atoms with van der Waals surface area (Å²) in [6, 6.07) is 11.5. The van der Waals surface area contributed by atoms with E-state index in [0.717, 1.165) is 22.2 Å². The van der Waals surface area contributed by atoms with Crippen LogP contribution in [0.2, 0.25) is 0 Å². The molecule has 5 nitrogen and oxygen atoms in total. The molecule has 1 aromatic heterocycles. The van der Waals surface area contributed by atoms with Crippen LogP contribution in [0.5, 0.6) is 0 Å².